The molecule has 0 saturated heterocycles. The lowest BCUT2D eigenvalue weighted by molar-refractivity contribution is -0.105. The van der Waals surface area contributed by atoms with Crippen molar-refractivity contribution >= 4 is 23.7 Å². The van der Waals surface area contributed by atoms with E-state index in [2.05, 4.69) is 5.32 Å². The Morgan fingerprint density at radius 2 is 2.29 bits per heavy atom. The van der Waals surface area contributed by atoms with Crippen molar-refractivity contribution in [2.24, 2.45) is 0 Å². The van der Waals surface area contributed by atoms with Gasteiger partial charge < -0.3 is 10.1 Å². The van der Waals surface area contributed by atoms with Crippen molar-refractivity contribution < 1.29 is 9.53 Å². The van der Waals surface area contributed by atoms with E-state index in [4.69, 9.17) is 16.3 Å². The van der Waals surface area contributed by atoms with Crippen LogP contribution in [0.3, 0.4) is 0 Å². The summed E-state index contributed by atoms with van der Waals surface area (Å²) < 4.78 is 5.04. The fourth-order valence-corrected chi connectivity index (χ4v) is 1.50. The Labute approximate surface area is 88.0 Å². The highest BCUT2D eigenvalue weighted by atomic mass is 35.5. The van der Waals surface area contributed by atoms with E-state index in [1.807, 2.05) is 6.92 Å². The number of hydrogen-bond acceptors (Lipinski definition) is 2. The van der Waals surface area contributed by atoms with Gasteiger partial charge in [-0.3, -0.25) is 4.79 Å². The summed E-state index contributed by atoms with van der Waals surface area (Å²) >= 11 is 5.94. The molecule has 0 spiro atoms. The van der Waals surface area contributed by atoms with Crippen molar-refractivity contribution in [3.63, 3.8) is 0 Å². The molecule has 14 heavy (non-hydrogen) atoms. The topological polar surface area (TPSA) is 38.3 Å². The number of ether oxygens (including phenoxy) is 1. The predicted octanol–water partition coefficient (Wildman–Crippen LogP) is 2.48. The summed E-state index contributed by atoms with van der Waals surface area (Å²) in [6, 6.07) is 3.52. The highest BCUT2D eigenvalue weighted by Crippen LogP contribution is 2.31. The standard InChI is InChI=1S/C10H12ClNO2/c1-3-7-4-8(11)10(14-2)5-9(7)12-6-13/h4-6H,3H2,1-2H3,(H,12,13). The Bertz CT molecular complexity index is 339. The molecule has 4 heteroatoms. The van der Waals surface area contributed by atoms with Crippen molar-refractivity contribution in [3.05, 3.63) is 22.7 Å². The Morgan fingerprint density at radius 1 is 1.57 bits per heavy atom. The van der Waals surface area contributed by atoms with Crippen LogP contribution < -0.4 is 10.1 Å². The van der Waals surface area contributed by atoms with E-state index in [-0.39, 0.29) is 0 Å². The van der Waals surface area contributed by atoms with E-state index < -0.39 is 0 Å². The molecule has 0 bridgehead atoms. The Hall–Kier alpha value is -1.22. The molecular weight excluding hydrogens is 202 g/mol. The van der Waals surface area contributed by atoms with Gasteiger partial charge >= 0.3 is 0 Å². The Balaban J connectivity index is 3.17. The molecule has 1 aromatic rings. The van der Waals surface area contributed by atoms with Gasteiger partial charge in [0.1, 0.15) is 5.75 Å². The number of rotatable bonds is 4. The summed E-state index contributed by atoms with van der Waals surface area (Å²) in [4.78, 5) is 10.3. The Morgan fingerprint density at radius 3 is 2.79 bits per heavy atom. The largest absolute Gasteiger partial charge is 0.495 e. The molecule has 1 amide bonds. The quantitative estimate of drug-likeness (QED) is 0.781. The second-order valence-electron chi connectivity index (χ2n) is 2.76. The van der Waals surface area contributed by atoms with E-state index >= 15 is 0 Å². The van der Waals surface area contributed by atoms with Gasteiger partial charge in [0.2, 0.25) is 6.41 Å². The van der Waals surface area contributed by atoms with Gasteiger partial charge in [-0.2, -0.15) is 0 Å². The average molecular weight is 214 g/mol. The number of halogens is 1. The number of aryl methyl sites for hydroxylation is 1. The molecule has 0 aliphatic rings. The molecule has 0 aliphatic heterocycles. The number of nitrogens with one attached hydrogen (secondary N) is 1. The zero-order valence-corrected chi connectivity index (χ0v) is 8.89. The van der Waals surface area contributed by atoms with E-state index in [9.17, 15) is 4.79 Å². The number of amides is 1. The van der Waals surface area contributed by atoms with Gasteiger partial charge in [0.15, 0.2) is 0 Å². The van der Waals surface area contributed by atoms with Crippen LogP contribution >= 0.6 is 11.6 Å². The molecule has 0 radical (unpaired) electrons. The van der Waals surface area contributed by atoms with Gasteiger partial charge in [-0.15, -0.1) is 0 Å². The normalized spacial score (nSPS) is 9.64. The maximum atomic E-state index is 10.3. The highest BCUT2D eigenvalue weighted by Gasteiger charge is 2.07. The number of carbonyl (C=O) groups excluding carboxylic acids is 1. The van der Waals surface area contributed by atoms with Crippen LogP contribution in [0.4, 0.5) is 5.69 Å². The van der Waals surface area contributed by atoms with Gasteiger partial charge in [0, 0.05) is 11.8 Å². The minimum Gasteiger partial charge on any atom is -0.495 e. The van der Waals surface area contributed by atoms with E-state index in [0.717, 1.165) is 17.7 Å². The van der Waals surface area contributed by atoms with Gasteiger partial charge in [-0.1, -0.05) is 18.5 Å². The van der Waals surface area contributed by atoms with Crippen LogP contribution in [-0.4, -0.2) is 13.5 Å². The third kappa shape index (κ3) is 2.17. The zero-order valence-electron chi connectivity index (χ0n) is 8.13. The van der Waals surface area contributed by atoms with Crippen molar-refractivity contribution in [2.45, 2.75) is 13.3 Å². The lowest BCUT2D eigenvalue weighted by Gasteiger charge is -2.10. The maximum absolute atomic E-state index is 10.3. The third-order valence-corrected chi connectivity index (χ3v) is 2.27. The lowest BCUT2D eigenvalue weighted by Crippen LogP contribution is -1.99. The van der Waals surface area contributed by atoms with E-state index in [1.165, 1.54) is 7.11 Å². The minimum absolute atomic E-state index is 0.556. The smallest absolute Gasteiger partial charge is 0.211 e. The van der Waals surface area contributed by atoms with Crippen LogP contribution in [0.5, 0.6) is 5.75 Å². The van der Waals surface area contributed by atoms with Crippen LogP contribution in [0.15, 0.2) is 12.1 Å². The van der Waals surface area contributed by atoms with Gasteiger partial charge in [0.25, 0.3) is 0 Å². The molecule has 3 nitrogen and oxygen atoms in total. The zero-order chi connectivity index (χ0) is 10.6. The first-order chi connectivity index (χ1) is 6.72. The molecule has 76 valence electrons. The average Bonchev–Trinajstić information content (AvgIpc) is 2.20. The van der Waals surface area contributed by atoms with E-state index in [0.29, 0.717) is 17.2 Å². The van der Waals surface area contributed by atoms with Crippen LogP contribution in [-0.2, 0) is 11.2 Å². The molecule has 1 aromatic carbocycles. The summed E-state index contributed by atoms with van der Waals surface area (Å²) in [6.45, 7) is 1.99. The van der Waals surface area contributed by atoms with Crippen LogP contribution in [0, 0.1) is 0 Å². The van der Waals surface area contributed by atoms with Crippen LogP contribution in [0.2, 0.25) is 5.02 Å². The third-order valence-electron chi connectivity index (χ3n) is 1.97. The fourth-order valence-electron chi connectivity index (χ4n) is 1.24. The molecule has 0 aliphatic carbocycles. The molecule has 0 unspecified atom stereocenters. The first-order valence-electron chi connectivity index (χ1n) is 4.29. The second kappa shape index (κ2) is 4.86. The van der Waals surface area contributed by atoms with E-state index in [1.54, 1.807) is 12.1 Å². The van der Waals surface area contributed by atoms with Crippen LogP contribution in [0.1, 0.15) is 12.5 Å². The summed E-state index contributed by atoms with van der Waals surface area (Å²) in [5.41, 5.74) is 1.73. The highest BCUT2D eigenvalue weighted by molar-refractivity contribution is 6.32. The molecule has 0 fully saturated rings. The Kier molecular flexibility index (Phi) is 3.77. The summed E-state index contributed by atoms with van der Waals surface area (Å²) in [7, 11) is 1.54. The summed E-state index contributed by atoms with van der Waals surface area (Å²) in [6.07, 6.45) is 1.45. The molecule has 0 atom stereocenters. The molecular formula is C10H12ClNO2. The van der Waals surface area contributed by atoms with Crippen molar-refractivity contribution in [2.75, 3.05) is 12.4 Å². The number of benzene rings is 1. The van der Waals surface area contributed by atoms with Crippen LogP contribution in [0.25, 0.3) is 0 Å². The summed E-state index contributed by atoms with van der Waals surface area (Å²) in [5, 5.41) is 3.17. The van der Waals surface area contributed by atoms with Gasteiger partial charge in [-0.25, -0.2) is 0 Å². The first kappa shape index (κ1) is 10.9. The molecule has 1 N–H and O–H groups in total. The number of anilines is 1. The number of hydrogen-bond donors (Lipinski definition) is 1. The van der Waals surface area contributed by atoms with Gasteiger partial charge in [-0.05, 0) is 18.1 Å². The first-order valence-corrected chi connectivity index (χ1v) is 4.67. The van der Waals surface area contributed by atoms with Gasteiger partial charge in [0.05, 0.1) is 12.1 Å². The molecule has 0 heterocycles. The van der Waals surface area contributed by atoms with Crippen molar-refractivity contribution in [1.82, 2.24) is 0 Å². The monoisotopic (exact) mass is 213 g/mol. The lowest BCUT2D eigenvalue weighted by atomic mass is 10.1. The SMILES string of the molecule is CCc1cc(Cl)c(OC)cc1NC=O. The van der Waals surface area contributed by atoms with Crippen molar-refractivity contribution in [3.8, 4) is 5.75 Å². The molecule has 0 saturated carbocycles. The number of methoxy groups -OCH3 is 1. The van der Waals surface area contributed by atoms with Crippen molar-refractivity contribution in [1.29, 1.82) is 0 Å². The fraction of sp³-hybridized carbons (Fsp3) is 0.300. The maximum Gasteiger partial charge on any atom is 0.211 e. The summed E-state index contributed by atoms with van der Waals surface area (Å²) in [5.74, 6) is 0.563. The molecule has 0 aromatic heterocycles. The minimum atomic E-state index is 0.556. The molecule has 1 rings (SSSR count). The number of carbonyl (C=O) groups is 1. The predicted molar refractivity (Wildman–Crippen MR) is 57.1 cm³/mol. The second-order valence-corrected chi connectivity index (χ2v) is 3.17.